The van der Waals surface area contributed by atoms with Gasteiger partial charge in [0.15, 0.2) is 6.61 Å². The van der Waals surface area contributed by atoms with Gasteiger partial charge in [0.05, 0.1) is 17.2 Å². The van der Waals surface area contributed by atoms with E-state index in [1.165, 1.54) is 0 Å². The summed E-state index contributed by atoms with van der Waals surface area (Å²) in [6.07, 6.45) is 0. The number of carbonyl (C=O) groups is 1. The summed E-state index contributed by atoms with van der Waals surface area (Å²) in [7, 11) is 0. The third-order valence-electron chi connectivity index (χ3n) is 3.01. The summed E-state index contributed by atoms with van der Waals surface area (Å²) in [5, 5.41) is 3.88. The second-order valence-electron chi connectivity index (χ2n) is 5.13. The predicted molar refractivity (Wildman–Crippen MR) is 84.8 cm³/mol. The van der Waals surface area contributed by atoms with Crippen molar-refractivity contribution in [2.45, 2.75) is 34.2 Å². The second-order valence-corrected chi connectivity index (χ2v) is 6.42. The van der Waals surface area contributed by atoms with Gasteiger partial charge in [-0.3, -0.25) is 4.79 Å². The lowest BCUT2D eigenvalue weighted by molar-refractivity contribution is -0.123. The van der Waals surface area contributed by atoms with E-state index in [1.54, 1.807) is 11.3 Å². The molecule has 0 atom stereocenters. The number of aromatic nitrogens is 1. The number of thiazole rings is 1. The number of aryl methyl sites for hydroxylation is 4. The summed E-state index contributed by atoms with van der Waals surface area (Å²) in [4.78, 5) is 17.3. The average molecular weight is 304 g/mol. The van der Waals surface area contributed by atoms with Gasteiger partial charge in [0.25, 0.3) is 5.91 Å². The van der Waals surface area contributed by atoms with Crippen molar-refractivity contribution < 1.29 is 9.53 Å². The minimum Gasteiger partial charge on any atom is -0.484 e. The highest BCUT2D eigenvalue weighted by molar-refractivity contribution is 7.11. The minimum absolute atomic E-state index is 0.0275. The molecule has 0 unspecified atom stereocenters. The molecular formula is C16H20N2O2S. The topological polar surface area (TPSA) is 51.2 Å². The number of benzene rings is 1. The van der Waals surface area contributed by atoms with E-state index in [-0.39, 0.29) is 12.5 Å². The Morgan fingerprint density at radius 1 is 1.19 bits per heavy atom. The lowest BCUT2D eigenvalue weighted by Gasteiger charge is -2.08. The summed E-state index contributed by atoms with van der Waals surface area (Å²) >= 11 is 1.61. The molecule has 0 spiro atoms. The van der Waals surface area contributed by atoms with Gasteiger partial charge >= 0.3 is 0 Å². The fourth-order valence-corrected chi connectivity index (χ4v) is 3.01. The Bertz CT molecular complexity index is 629. The fourth-order valence-electron chi connectivity index (χ4n) is 2.13. The molecule has 0 bridgehead atoms. The monoisotopic (exact) mass is 304 g/mol. The highest BCUT2D eigenvalue weighted by Crippen LogP contribution is 2.17. The smallest absolute Gasteiger partial charge is 0.258 e. The van der Waals surface area contributed by atoms with Gasteiger partial charge in [-0.1, -0.05) is 6.07 Å². The van der Waals surface area contributed by atoms with Gasteiger partial charge in [-0.25, -0.2) is 4.98 Å². The van der Waals surface area contributed by atoms with Crippen LogP contribution in [0.4, 0.5) is 0 Å². The maximum Gasteiger partial charge on any atom is 0.258 e. The fraction of sp³-hybridized carbons (Fsp3) is 0.375. The van der Waals surface area contributed by atoms with Crippen molar-refractivity contribution in [1.29, 1.82) is 0 Å². The zero-order chi connectivity index (χ0) is 15.4. The zero-order valence-corrected chi connectivity index (χ0v) is 13.6. The Morgan fingerprint density at radius 2 is 1.86 bits per heavy atom. The molecule has 0 saturated heterocycles. The first kappa shape index (κ1) is 15.5. The highest BCUT2D eigenvalue weighted by atomic mass is 32.1. The number of nitrogens with one attached hydrogen (secondary N) is 1. The Kier molecular flexibility index (Phi) is 4.96. The van der Waals surface area contributed by atoms with E-state index in [2.05, 4.69) is 16.4 Å². The molecule has 0 aliphatic carbocycles. The minimum atomic E-state index is -0.125. The van der Waals surface area contributed by atoms with Crippen LogP contribution in [-0.2, 0) is 11.3 Å². The molecule has 0 saturated carbocycles. The maximum absolute atomic E-state index is 11.8. The quantitative estimate of drug-likeness (QED) is 0.923. The van der Waals surface area contributed by atoms with Crippen LogP contribution in [0.15, 0.2) is 18.2 Å². The maximum atomic E-state index is 11.8. The van der Waals surface area contributed by atoms with Gasteiger partial charge in [0, 0.05) is 4.88 Å². The van der Waals surface area contributed by atoms with E-state index in [4.69, 9.17) is 4.74 Å². The Morgan fingerprint density at radius 3 is 2.43 bits per heavy atom. The molecule has 21 heavy (non-hydrogen) atoms. The van der Waals surface area contributed by atoms with Crippen LogP contribution >= 0.6 is 11.3 Å². The summed E-state index contributed by atoms with van der Waals surface area (Å²) < 4.78 is 5.53. The van der Waals surface area contributed by atoms with E-state index in [0.717, 1.165) is 32.5 Å². The molecule has 2 rings (SSSR count). The highest BCUT2D eigenvalue weighted by Gasteiger charge is 2.08. The Balaban J connectivity index is 1.83. The third kappa shape index (κ3) is 4.56. The lowest BCUT2D eigenvalue weighted by atomic mass is 10.1. The van der Waals surface area contributed by atoms with Crippen molar-refractivity contribution in [3.63, 3.8) is 0 Å². The van der Waals surface area contributed by atoms with Crippen molar-refractivity contribution in [1.82, 2.24) is 10.3 Å². The van der Waals surface area contributed by atoms with Crippen LogP contribution in [0.3, 0.4) is 0 Å². The van der Waals surface area contributed by atoms with Crippen molar-refractivity contribution in [3.8, 4) is 5.75 Å². The Hall–Kier alpha value is -1.88. The molecule has 1 amide bonds. The van der Waals surface area contributed by atoms with E-state index < -0.39 is 0 Å². The number of hydrogen-bond donors (Lipinski definition) is 1. The van der Waals surface area contributed by atoms with Crippen molar-refractivity contribution >= 4 is 17.2 Å². The van der Waals surface area contributed by atoms with E-state index in [1.807, 2.05) is 39.8 Å². The molecule has 1 N–H and O–H groups in total. The first-order valence-corrected chi connectivity index (χ1v) is 7.66. The number of amides is 1. The summed E-state index contributed by atoms with van der Waals surface area (Å²) in [6, 6.07) is 5.93. The predicted octanol–water partition coefficient (Wildman–Crippen LogP) is 3.07. The van der Waals surface area contributed by atoms with Crippen LogP contribution in [0, 0.1) is 27.7 Å². The molecule has 1 aromatic carbocycles. The van der Waals surface area contributed by atoms with Gasteiger partial charge < -0.3 is 10.1 Å². The van der Waals surface area contributed by atoms with E-state index in [9.17, 15) is 4.79 Å². The summed E-state index contributed by atoms with van der Waals surface area (Å²) in [5.74, 6) is 0.604. The van der Waals surface area contributed by atoms with Crippen LogP contribution < -0.4 is 10.1 Å². The number of rotatable bonds is 5. The molecule has 4 nitrogen and oxygen atoms in total. The van der Waals surface area contributed by atoms with E-state index in [0.29, 0.717) is 6.54 Å². The van der Waals surface area contributed by atoms with Gasteiger partial charge in [-0.15, -0.1) is 11.3 Å². The van der Waals surface area contributed by atoms with Gasteiger partial charge in [0.1, 0.15) is 5.75 Å². The number of nitrogens with zero attached hydrogens (tertiary/aromatic N) is 1. The van der Waals surface area contributed by atoms with Crippen molar-refractivity contribution in [2.24, 2.45) is 0 Å². The average Bonchev–Trinajstić information content (AvgIpc) is 2.71. The largest absolute Gasteiger partial charge is 0.484 e. The number of ether oxygens (including phenoxy) is 1. The third-order valence-corrected chi connectivity index (χ3v) is 4.08. The first-order chi connectivity index (χ1) is 9.94. The molecule has 112 valence electrons. The van der Waals surface area contributed by atoms with Crippen LogP contribution in [0.5, 0.6) is 5.75 Å². The van der Waals surface area contributed by atoms with Crippen molar-refractivity contribution in [3.05, 3.63) is 44.9 Å². The molecule has 5 heteroatoms. The molecule has 0 aliphatic rings. The lowest BCUT2D eigenvalue weighted by Crippen LogP contribution is -2.28. The normalized spacial score (nSPS) is 10.5. The van der Waals surface area contributed by atoms with Crippen LogP contribution in [-0.4, -0.2) is 17.5 Å². The van der Waals surface area contributed by atoms with Crippen LogP contribution in [0.25, 0.3) is 0 Å². The molecule has 1 heterocycles. The van der Waals surface area contributed by atoms with Gasteiger partial charge in [0.2, 0.25) is 0 Å². The molecular weight excluding hydrogens is 284 g/mol. The van der Waals surface area contributed by atoms with Crippen LogP contribution in [0.2, 0.25) is 0 Å². The molecule has 0 fully saturated rings. The van der Waals surface area contributed by atoms with E-state index >= 15 is 0 Å². The van der Waals surface area contributed by atoms with Crippen molar-refractivity contribution in [2.75, 3.05) is 6.61 Å². The van der Waals surface area contributed by atoms with Gasteiger partial charge in [-0.2, -0.15) is 0 Å². The SMILES string of the molecule is Cc1cc(C)cc(OCC(=O)NCc2sc(C)nc2C)c1. The summed E-state index contributed by atoms with van der Waals surface area (Å²) in [5.41, 5.74) is 3.23. The van der Waals surface area contributed by atoms with Crippen LogP contribution in [0.1, 0.15) is 26.7 Å². The molecule has 0 radical (unpaired) electrons. The molecule has 0 aliphatic heterocycles. The summed E-state index contributed by atoms with van der Waals surface area (Å²) in [6.45, 7) is 8.47. The first-order valence-electron chi connectivity index (χ1n) is 6.85. The zero-order valence-electron chi connectivity index (χ0n) is 12.8. The molecule has 1 aromatic heterocycles. The number of hydrogen-bond acceptors (Lipinski definition) is 4. The molecule has 2 aromatic rings. The Labute approximate surface area is 129 Å². The standard InChI is InChI=1S/C16H20N2O2S/c1-10-5-11(2)7-14(6-10)20-9-16(19)17-8-15-12(3)18-13(4)21-15/h5-7H,8-9H2,1-4H3,(H,17,19). The van der Waals surface area contributed by atoms with Gasteiger partial charge in [-0.05, 0) is 51.0 Å². The second kappa shape index (κ2) is 6.72. The number of carbonyl (C=O) groups excluding carboxylic acids is 1.